The minimum Gasteiger partial charge on any atom is -0.487 e. The highest BCUT2D eigenvalue weighted by atomic mass is 35.5. The van der Waals surface area contributed by atoms with Gasteiger partial charge in [0.1, 0.15) is 12.4 Å². The molecule has 0 fully saturated rings. The van der Waals surface area contributed by atoms with E-state index in [-0.39, 0.29) is 18.6 Å². The van der Waals surface area contributed by atoms with Crippen LogP contribution in [0, 0.1) is 5.92 Å². The molecular formula is C23H25ClN2O4. The molecule has 7 heteroatoms. The van der Waals surface area contributed by atoms with E-state index in [2.05, 4.69) is 10.6 Å². The number of hydrogen-bond donors (Lipinski definition) is 2. The smallest absolute Gasteiger partial charge is 0.338 e. The largest absolute Gasteiger partial charge is 0.487 e. The molecule has 1 aliphatic heterocycles. The average Bonchev–Trinajstić information content (AvgIpc) is 2.73. The van der Waals surface area contributed by atoms with Crippen molar-refractivity contribution in [2.75, 3.05) is 6.61 Å². The van der Waals surface area contributed by atoms with Gasteiger partial charge in [0.2, 0.25) is 0 Å². The van der Waals surface area contributed by atoms with Crippen LogP contribution in [-0.4, -0.2) is 18.6 Å². The van der Waals surface area contributed by atoms with E-state index in [1.165, 1.54) is 0 Å². The fourth-order valence-corrected chi connectivity index (χ4v) is 3.52. The third kappa shape index (κ3) is 4.94. The van der Waals surface area contributed by atoms with Gasteiger partial charge in [0.15, 0.2) is 0 Å². The Hall–Kier alpha value is -2.99. The SMILES string of the molecule is CCOC(=O)C1=C(C(C)C)NC(=O)NC1c1ccc(OCc2ccccc2)c(Cl)c1. The molecule has 1 aliphatic rings. The summed E-state index contributed by atoms with van der Waals surface area (Å²) in [6.07, 6.45) is 0. The quantitative estimate of drug-likeness (QED) is 0.624. The van der Waals surface area contributed by atoms with Crippen molar-refractivity contribution in [1.29, 1.82) is 0 Å². The third-order valence-corrected chi connectivity index (χ3v) is 5.00. The van der Waals surface area contributed by atoms with Gasteiger partial charge in [-0.1, -0.05) is 61.8 Å². The number of hydrogen-bond acceptors (Lipinski definition) is 4. The van der Waals surface area contributed by atoms with E-state index in [1.807, 2.05) is 44.2 Å². The number of allylic oxidation sites excluding steroid dienone is 1. The monoisotopic (exact) mass is 428 g/mol. The molecule has 0 spiro atoms. The second kappa shape index (κ2) is 9.67. The molecule has 3 rings (SSSR count). The summed E-state index contributed by atoms with van der Waals surface area (Å²) in [5, 5.41) is 5.94. The molecule has 1 unspecified atom stereocenters. The van der Waals surface area contributed by atoms with Crippen molar-refractivity contribution in [2.24, 2.45) is 5.92 Å². The molecule has 0 saturated heterocycles. The maximum absolute atomic E-state index is 12.7. The molecule has 0 saturated carbocycles. The van der Waals surface area contributed by atoms with Crippen LogP contribution in [0.2, 0.25) is 5.02 Å². The summed E-state index contributed by atoms with van der Waals surface area (Å²) in [4.78, 5) is 24.9. The summed E-state index contributed by atoms with van der Waals surface area (Å²) < 4.78 is 11.1. The fraction of sp³-hybridized carbons (Fsp3) is 0.304. The van der Waals surface area contributed by atoms with Crippen molar-refractivity contribution >= 4 is 23.6 Å². The first-order chi connectivity index (χ1) is 14.4. The Bertz CT molecular complexity index is 957. The molecule has 0 aliphatic carbocycles. The minimum atomic E-state index is -0.670. The van der Waals surface area contributed by atoms with E-state index < -0.39 is 12.0 Å². The number of carbonyl (C=O) groups excluding carboxylic acids is 2. The Labute approximate surface area is 181 Å². The molecule has 0 radical (unpaired) electrons. The number of benzene rings is 2. The van der Waals surface area contributed by atoms with E-state index in [1.54, 1.807) is 25.1 Å². The van der Waals surface area contributed by atoms with Gasteiger partial charge in [-0.2, -0.15) is 0 Å². The molecule has 158 valence electrons. The highest BCUT2D eigenvalue weighted by Gasteiger charge is 2.34. The Morgan fingerprint density at radius 3 is 2.53 bits per heavy atom. The number of ether oxygens (including phenoxy) is 2. The summed E-state index contributed by atoms with van der Waals surface area (Å²) in [5.74, 6) is -0.0172. The molecule has 2 aromatic carbocycles. The summed E-state index contributed by atoms with van der Waals surface area (Å²) in [6.45, 7) is 6.18. The molecule has 2 N–H and O–H groups in total. The van der Waals surface area contributed by atoms with Crippen molar-refractivity contribution in [3.8, 4) is 5.75 Å². The minimum absolute atomic E-state index is 0.0677. The predicted octanol–water partition coefficient (Wildman–Crippen LogP) is 4.75. The maximum atomic E-state index is 12.7. The molecule has 6 nitrogen and oxygen atoms in total. The summed E-state index contributed by atoms with van der Waals surface area (Å²) >= 11 is 6.45. The number of rotatable bonds is 7. The molecular weight excluding hydrogens is 404 g/mol. The number of halogens is 1. The zero-order valence-corrected chi connectivity index (χ0v) is 18.0. The first-order valence-electron chi connectivity index (χ1n) is 9.85. The van der Waals surface area contributed by atoms with Crippen molar-refractivity contribution in [2.45, 2.75) is 33.4 Å². The summed E-state index contributed by atoms with van der Waals surface area (Å²) in [5.41, 5.74) is 2.61. The zero-order valence-electron chi connectivity index (χ0n) is 17.2. The van der Waals surface area contributed by atoms with Crippen molar-refractivity contribution in [3.63, 3.8) is 0 Å². The molecule has 2 aromatic rings. The third-order valence-electron chi connectivity index (χ3n) is 4.70. The van der Waals surface area contributed by atoms with Gasteiger partial charge in [-0.15, -0.1) is 0 Å². The van der Waals surface area contributed by atoms with Gasteiger partial charge in [-0.05, 0) is 36.1 Å². The van der Waals surface area contributed by atoms with Gasteiger partial charge in [-0.3, -0.25) is 0 Å². The number of urea groups is 1. The van der Waals surface area contributed by atoms with E-state index in [0.717, 1.165) is 5.56 Å². The van der Waals surface area contributed by atoms with Gasteiger partial charge in [0.05, 0.1) is 23.2 Å². The highest BCUT2D eigenvalue weighted by molar-refractivity contribution is 6.32. The number of nitrogens with one attached hydrogen (secondary N) is 2. The van der Waals surface area contributed by atoms with Crippen LogP contribution in [0.5, 0.6) is 5.75 Å². The zero-order chi connectivity index (χ0) is 21.7. The lowest BCUT2D eigenvalue weighted by atomic mass is 9.91. The van der Waals surface area contributed by atoms with Gasteiger partial charge in [-0.25, -0.2) is 9.59 Å². The van der Waals surface area contributed by atoms with E-state index >= 15 is 0 Å². The van der Waals surface area contributed by atoms with Crippen molar-refractivity contribution in [3.05, 3.63) is 76.0 Å². The Morgan fingerprint density at radius 1 is 1.17 bits per heavy atom. The van der Waals surface area contributed by atoms with E-state index in [4.69, 9.17) is 21.1 Å². The summed E-state index contributed by atoms with van der Waals surface area (Å²) in [6, 6.07) is 14.0. The average molecular weight is 429 g/mol. The number of amides is 2. The van der Waals surface area contributed by atoms with Crippen LogP contribution in [0.1, 0.15) is 37.9 Å². The van der Waals surface area contributed by atoms with Crippen LogP contribution in [0.4, 0.5) is 4.79 Å². The lowest BCUT2D eigenvalue weighted by Crippen LogP contribution is -2.47. The van der Waals surface area contributed by atoms with Crippen LogP contribution >= 0.6 is 11.6 Å². The second-order valence-electron chi connectivity index (χ2n) is 7.20. The Balaban J connectivity index is 1.90. The lowest BCUT2D eigenvalue weighted by molar-refractivity contribution is -0.139. The molecule has 30 heavy (non-hydrogen) atoms. The van der Waals surface area contributed by atoms with Gasteiger partial charge in [0.25, 0.3) is 0 Å². The Kier molecular flexibility index (Phi) is 7.00. The molecule has 0 aromatic heterocycles. The Morgan fingerprint density at radius 2 is 1.90 bits per heavy atom. The van der Waals surface area contributed by atoms with Crippen LogP contribution in [0.15, 0.2) is 59.8 Å². The first-order valence-corrected chi connectivity index (χ1v) is 10.2. The molecule has 1 atom stereocenters. The normalized spacial score (nSPS) is 16.2. The topological polar surface area (TPSA) is 76.7 Å². The maximum Gasteiger partial charge on any atom is 0.338 e. The van der Waals surface area contributed by atoms with E-state index in [9.17, 15) is 9.59 Å². The molecule has 0 bridgehead atoms. The second-order valence-corrected chi connectivity index (χ2v) is 7.61. The molecule has 1 heterocycles. The van der Waals surface area contributed by atoms with Gasteiger partial charge >= 0.3 is 12.0 Å². The number of carbonyl (C=O) groups is 2. The van der Waals surface area contributed by atoms with Crippen LogP contribution in [-0.2, 0) is 16.1 Å². The number of esters is 1. The standard InChI is InChI=1S/C23H25ClN2O4/c1-4-29-22(27)19-20(14(2)3)25-23(28)26-21(19)16-10-11-18(17(24)12-16)30-13-15-8-6-5-7-9-15/h5-12,14,21H,4,13H2,1-3H3,(H2,25,26,28). The van der Waals surface area contributed by atoms with Gasteiger partial charge in [0, 0.05) is 5.70 Å². The van der Waals surface area contributed by atoms with Gasteiger partial charge < -0.3 is 20.1 Å². The van der Waals surface area contributed by atoms with Crippen LogP contribution in [0.3, 0.4) is 0 Å². The molecule has 2 amide bonds. The van der Waals surface area contributed by atoms with Crippen LogP contribution < -0.4 is 15.4 Å². The summed E-state index contributed by atoms with van der Waals surface area (Å²) in [7, 11) is 0. The van der Waals surface area contributed by atoms with Crippen LogP contribution in [0.25, 0.3) is 0 Å². The van der Waals surface area contributed by atoms with E-state index in [0.29, 0.717) is 34.2 Å². The highest BCUT2D eigenvalue weighted by Crippen LogP contribution is 2.34. The van der Waals surface area contributed by atoms with Crippen molar-refractivity contribution in [1.82, 2.24) is 10.6 Å². The predicted molar refractivity (Wildman–Crippen MR) is 115 cm³/mol. The lowest BCUT2D eigenvalue weighted by Gasteiger charge is -2.31. The fourth-order valence-electron chi connectivity index (χ4n) is 3.28. The van der Waals surface area contributed by atoms with Crippen molar-refractivity contribution < 1.29 is 19.1 Å². The first kappa shape index (κ1) is 21.7.